The van der Waals surface area contributed by atoms with Crippen LogP contribution in [0.5, 0.6) is 5.75 Å². The fourth-order valence-corrected chi connectivity index (χ4v) is 92.1. The summed E-state index contributed by atoms with van der Waals surface area (Å²) in [5.74, 6) is 6.80. The first-order valence-electron chi connectivity index (χ1n) is 9.92. The summed E-state index contributed by atoms with van der Waals surface area (Å²) in [7, 11) is 0. The number of hydrogen-bond donors (Lipinski definition) is 1. The number of carbonyl (C=O) groups excluding carboxylic acids is 1. The van der Waals surface area contributed by atoms with Crippen LogP contribution in [0.4, 0.5) is 0 Å². The molecule has 128 valence electrons. The van der Waals surface area contributed by atoms with Gasteiger partial charge in [0.2, 0.25) is 0 Å². The van der Waals surface area contributed by atoms with E-state index in [1.165, 1.54) is 0 Å². The molecule has 10 fully saturated rings. The Balaban J connectivity index is 1.11. The van der Waals surface area contributed by atoms with Gasteiger partial charge in [0.1, 0.15) is 0 Å². The molecule has 3 heteroatoms. The van der Waals surface area contributed by atoms with E-state index >= 15 is 0 Å². The van der Waals surface area contributed by atoms with Crippen LogP contribution < -0.4 is 0 Å². The Kier molecular flexibility index (Phi) is 0.474. The van der Waals surface area contributed by atoms with Crippen LogP contribution in [-0.2, 0) is 11.3 Å². The Hall–Kier alpha value is -1.75. The van der Waals surface area contributed by atoms with E-state index in [1.807, 2.05) is 36.4 Å². The number of Topliss-reactive ketones (excluding diaryl/α,β-unsaturated/α-hetero) is 1. The van der Waals surface area contributed by atoms with Crippen LogP contribution in [0.3, 0.4) is 0 Å². The topological polar surface area (TPSA) is 37.3 Å². The second kappa shape index (κ2) is 1.17. The fraction of sp³-hybridized carbons (Fsp3) is 0.435. The van der Waals surface area contributed by atoms with Crippen molar-refractivity contribution in [1.29, 1.82) is 0 Å². The minimum absolute atomic E-state index is 0.207. The molecule has 10 heterocycles. The van der Waals surface area contributed by atoms with Crippen molar-refractivity contribution >= 4 is 16.6 Å². The first kappa shape index (κ1) is 10.5. The third kappa shape index (κ3) is 0.166. The van der Waals surface area contributed by atoms with Crippen LogP contribution in [0.1, 0.15) is 5.56 Å². The van der Waals surface area contributed by atoms with Gasteiger partial charge in [-0.05, 0) is 0 Å². The number of carbonyl (C=O) groups is 1. The molecule has 0 aromatic heterocycles. The molecule has 10 aliphatic rings. The van der Waals surface area contributed by atoms with Gasteiger partial charge in [-0.2, -0.15) is 0 Å². The molecule has 0 radical (unpaired) electrons. The molecule has 0 saturated carbocycles. The zero-order valence-electron chi connectivity index (χ0n) is 13.9. The molecule has 1 N–H and O–H groups in total. The molecule has 10 aliphatic heterocycles. The van der Waals surface area contributed by atoms with Gasteiger partial charge in [0, 0.05) is 0 Å². The summed E-state index contributed by atoms with van der Waals surface area (Å²) in [6.45, 7) is -3.38. The number of benzene rings is 2. The normalized spacial score (nSPS) is 81.3. The maximum absolute atomic E-state index is 13.5. The van der Waals surface area contributed by atoms with Crippen molar-refractivity contribution in [1.82, 2.24) is 0 Å². The fourth-order valence-electron chi connectivity index (χ4n) is 18.4. The molecule has 2 nitrogen and oxygen atoms in total. The van der Waals surface area contributed by atoms with E-state index in [1.54, 1.807) is 0 Å². The van der Waals surface area contributed by atoms with Crippen molar-refractivity contribution in [3.8, 4) is 17.6 Å². The van der Waals surface area contributed by atoms with Crippen LogP contribution in [0.2, 0.25) is 47.7 Å². The molecule has 26 heavy (non-hydrogen) atoms. The van der Waals surface area contributed by atoms with Crippen molar-refractivity contribution in [2.45, 2.75) is 47.7 Å². The standard InChI is InChI=1S/C18H11O2.C5H5.Fe/c19-17(14-6-1-2-7-14)12-11-15-10-9-13-5-3-4-8-16(13)18(15)20;1-2-4-5-3-1;/h1-10,20H;1-5H;. The number of rotatable bonds is 1. The van der Waals surface area contributed by atoms with Crippen molar-refractivity contribution in [3.63, 3.8) is 0 Å². The van der Waals surface area contributed by atoms with Crippen LogP contribution in [0, 0.1) is 11.8 Å². The molecular weight excluding hydrogens is 364 g/mol. The Morgan fingerprint density at radius 1 is 0.923 bits per heavy atom. The molecule has 2 aromatic carbocycles. The van der Waals surface area contributed by atoms with Gasteiger partial charge in [0.05, 0.1) is 0 Å². The third-order valence-corrected chi connectivity index (χ3v) is 59.5. The van der Waals surface area contributed by atoms with Gasteiger partial charge in [-0.25, -0.2) is 0 Å². The van der Waals surface area contributed by atoms with E-state index in [-0.39, 0.29) is 10.1 Å². The second-order valence-electron chi connectivity index (χ2n) is 12.9. The zero-order valence-corrected chi connectivity index (χ0v) is 15.0. The number of phenolic OH excluding ortho intramolecular Hbond substituents is 1. The maximum atomic E-state index is 13.5. The molecule has 12 rings (SSSR count). The average Bonchev–Trinajstić information content (AvgIpc) is 3.60. The predicted octanol–water partition coefficient (Wildman–Crippen LogP) is 5.23. The molecule has 10 saturated heterocycles. The number of aromatic hydroxyl groups is 1. The molecule has 4 unspecified atom stereocenters. The van der Waals surface area contributed by atoms with Crippen LogP contribution in [0.15, 0.2) is 36.4 Å². The molecule has 0 bridgehead atoms. The van der Waals surface area contributed by atoms with Crippen molar-refractivity contribution < 1.29 is 16.4 Å². The van der Waals surface area contributed by atoms with Gasteiger partial charge in [-0.15, -0.1) is 0 Å². The molecule has 1 spiro atoms. The van der Waals surface area contributed by atoms with Crippen LogP contribution in [-0.4, -0.2) is 10.9 Å². The van der Waals surface area contributed by atoms with Gasteiger partial charge < -0.3 is 0 Å². The zero-order chi connectivity index (χ0) is 16.6. The van der Waals surface area contributed by atoms with Crippen LogP contribution in [0.25, 0.3) is 10.8 Å². The first-order valence-corrected chi connectivity index (χ1v) is 16.2. The summed E-state index contributed by atoms with van der Waals surface area (Å²) in [4.78, 5) is 23.5. The van der Waals surface area contributed by atoms with Gasteiger partial charge in [-0.3, -0.25) is 0 Å². The number of hydrogen-bond acceptors (Lipinski definition) is 2. The Morgan fingerprint density at radius 3 is 2.15 bits per heavy atom. The number of fused-ring (bicyclic) bond motifs is 11. The molecule has 0 aliphatic carbocycles. The molecule has 4 atom stereocenters. The van der Waals surface area contributed by atoms with Crippen molar-refractivity contribution in [2.75, 3.05) is 0 Å². The monoisotopic (exact) mass is 380 g/mol. The van der Waals surface area contributed by atoms with Gasteiger partial charge in [-0.1, -0.05) is 0 Å². The van der Waals surface area contributed by atoms with E-state index in [0.717, 1.165) is 54.1 Å². The quantitative estimate of drug-likeness (QED) is 0.544. The Morgan fingerprint density at radius 2 is 1.58 bits per heavy atom. The third-order valence-electron chi connectivity index (χ3n) is 17.2. The summed E-state index contributed by atoms with van der Waals surface area (Å²) < 4.78 is 0.207. The van der Waals surface area contributed by atoms with Crippen LogP contribution >= 0.6 is 0 Å². The molecule has 2 aromatic rings. The second-order valence-corrected chi connectivity index (χ2v) is 36.5. The molecule has 0 amide bonds. The van der Waals surface area contributed by atoms with E-state index in [9.17, 15) is 9.90 Å². The minimum atomic E-state index is -3.38. The first-order chi connectivity index (χ1) is 12.4. The van der Waals surface area contributed by atoms with E-state index < -0.39 is 6.51 Å². The summed E-state index contributed by atoms with van der Waals surface area (Å²) in [5, 5.41) is 12.4. The summed E-state index contributed by atoms with van der Waals surface area (Å²) in [6.07, 6.45) is 0. The summed E-state index contributed by atoms with van der Waals surface area (Å²) in [5.41, 5.74) is 0.615. The predicted molar refractivity (Wildman–Crippen MR) is 93.9 cm³/mol. The van der Waals surface area contributed by atoms with Gasteiger partial charge in [0.15, 0.2) is 0 Å². The van der Waals surface area contributed by atoms with Crippen molar-refractivity contribution in [2.24, 2.45) is 0 Å². The van der Waals surface area contributed by atoms with Crippen molar-refractivity contribution in [3.05, 3.63) is 42.0 Å². The van der Waals surface area contributed by atoms with Gasteiger partial charge in [0.25, 0.3) is 0 Å². The van der Waals surface area contributed by atoms with Gasteiger partial charge >= 0.3 is 140 Å². The average molecular weight is 380 g/mol. The Labute approximate surface area is 140 Å². The summed E-state index contributed by atoms with van der Waals surface area (Å²) in [6, 6.07) is 11.7. The summed E-state index contributed by atoms with van der Waals surface area (Å²) >= 11 is 0. The molecular formula is C23H16FeO2. The van der Waals surface area contributed by atoms with E-state index in [2.05, 4.69) is 11.8 Å². The Bertz CT molecular complexity index is 1630. The number of phenols is 1. The SMILES string of the molecule is O=C(C#Cc1ccc2ccccc2c1O)[C]12[CH]3[CH]4[CH]5[CH]1[Fe]45321678[CH]2[CH]1[CH]6[CH]7[CH]28. The number of ketones is 1. The van der Waals surface area contributed by atoms with E-state index in [4.69, 9.17) is 0 Å². The van der Waals surface area contributed by atoms with E-state index in [0.29, 0.717) is 11.3 Å².